The van der Waals surface area contributed by atoms with E-state index in [1.807, 2.05) is 13.8 Å². The van der Waals surface area contributed by atoms with E-state index < -0.39 is 41.3 Å². The van der Waals surface area contributed by atoms with Crippen LogP contribution in [0.2, 0.25) is 18.1 Å². The Morgan fingerprint density at radius 3 is 2.34 bits per heavy atom. The molecule has 1 saturated carbocycles. The lowest BCUT2D eigenvalue weighted by Crippen LogP contribution is -2.46. The Kier molecular flexibility index (Phi) is 14.5. The summed E-state index contributed by atoms with van der Waals surface area (Å²) < 4.78 is 70.8. The van der Waals surface area contributed by atoms with Crippen molar-refractivity contribution in [3.05, 3.63) is 30.3 Å². The Morgan fingerprint density at radius 1 is 1.09 bits per heavy atom. The minimum Gasteiger partial charge on any atom is -0.461 e. The fourth-order valence-electron chi connectivity index (χ4n) is 6.52. The van der Waals surface area contributed by atoms with Crippen LogP contribution in [0.3, 0.4) is 0 Å². The van der Waals surface area contributed by atoms with Gasteiger partial charge in [-0.1, -0.05) is 39.0 Å². The molecule has 0 aromatic heterocycles. The molecule has 0 bridgehead atoms. The first-order chi connectivity index (χ1) is 21.9. The van der Waals surface area contributed by atoms with Crippen molar-refractivity contribution in [2.45, 2.75) is 139 Å². The number of carbonyl (C=O) groups is 1. The third-order valence-corrected chi connectivity index (χ3v) is 16.7. The minimum atomic E-state index is -3.91. The molecule has 1 saturated heterocycles. The summed E-state index contributed by atoms with van der Waals surface area (Å²) in [5, 5.41) is -0.916. The van der Waals surface area contributed by atoms with E-state index in [-0.39, 0.29) is 46.9 Å². The third kappa shape index (κ3) is 11.3. The van der Waals surface area contributed by atoms with Crippen LogP contribution in [0, 0.1) is 11.8 Å². The van der Waals surface area contributed by atoms with Gasteiger partial charge < -0.3 is 32.8 Å². The van der Waals surface area contributed by atoms with Crippen molar-refractivity contribution < 1.29 is 46.1 Å². The highest BCUT2D eigenvalue weighted by molar-refractivity contribution is 7.92. The minimum absolute atomic E-state index is 0.0375. The number of methoxy groups -OCH3 is 1. The zero-order valence-electron chi connectivity index (χ0n) is 30.3. The number of hydrogen-bond donors (Lipinski definition) is 0. The Morgan fingerprint density at radius 2 is 1.77 bits per heavy atom. The van der Waals surface area contributed by atoms with Crippen LogP contribution in [0.25, 0.3) is 0 Å². The second-order valence-corrected chi connectivity index (χ2v) is 22.0. The van der Waals surface area contributed by atoms with Crippen LogP contribution in [0.4, 0.5) is 0 Å². The van der Waals surface area contributed by atoms with E-state index in [4.69, 9.17) is 32.8 Å². The zero-order chi connectivity index (χ0) is 35.0. The molecule has 1 heterocycles. The molecule has 1 aromatic carbocycles. The van der Waals surface area contributed by atoms with E-state index in [2.05, 4.69) is 40.8 Å². The quantitative estimate of drug-likeness (QED) is 0.0725. The van der Waals surface area contributed by atoms with Crippen LogP contribution in [-0.2, 0) is 47.5 Å². The number of hydrogen-bond acceptors (Lipinski definition) is 10. The average Bonchev–Trinajstić information content (AvgIpc) is 3.56. The molecule has 1 aromatic rings. The summed E-state index contributed by atoms with van der Waals surface area (Å²) >= 11 is 0. The maximum absolute atomic E-state index is 14.5. The van der Waals surface area contributed by atoms with E-state index in [0.717, 1.165) is 0 Å². The molecule has 2 aliphatic rings. The Balaban J connectivity index is 1.94. The summed E-state index contributed by atoms with van der Waals surface area (Å²) in [5.74, 6) is -1.81. The molecule has 0 amide bonds. The van der Waals surface area contributed by atoms with Crippen molar-refractivity contribution in [1.82, 2.24) is 0 Å². The molecule has 0 spiro atoms. The topological polar surface area (TPSA) is 116 Å². The number of ether oxygens (including phenoxy) is 6. The molecule has 1 aliphatic heterocycles. The fourth-order valence-corrected chi connectivity index (χ4v) is 9.97. The SMILES string of the molecule is COCCOCO[C@@H]1C[C@@H]([C@H]2COC(C)(C)O2)[C@H](C(OC(C)=O)C(CCC[C@H](C)O[Si](C)(C)C(C)(C)C)S(=O)(=O)c2ccccc2)C1. The van der Waals surface area contributed by atoms with Crippen LogP contribution in [0.1, 0.15) is 80.6 Å². The molecule has 47 heavy (non-hydrogen) atoms. The van der Waals surface area contributed by atoms with Crippen molar-refractivity contribution >= 4 is 24.1 Å². The normalized spacial score (nSPS) is 25.4. The van der Waals surface area contributed by atoms with Crippen molar-refractivity contribution in [1.29, 1.82) is 0 Å². The van der Waals surface area contributed by atoms with E-state index in [0.29, 0.717) is 51.9 Å². The molecule has 270 valence electrons. The van der Waals surface area contributed by atoms with E-state index >= 15 is 0 Å². The molecule has 1 aliphatic carbocycles. The summed E-state index contributed by atoms with van der Waals surface area (Å²) in [5.41, 5.74) is 0. The van der Waals surface area contributed by atoms with Crippen LogP contribution in [0.15, 0.2) is 35.2 Å². The fraction of sp³-hybridized carbons (Fsp3) is 0.800. The Labute approximate surface area is 284 Å². The summed E-state index contributed by atoms with van der Waals surface area (Å²) in [6.07, 6.45) is 1.16. The predicted octanol–water partition coefficient (Wildman–Crippen LogP) is 6.52. The van der Waals surface area contributed by atoms with Crippen molar-refractivity contribution in [2.75, 3.05) is 33.7 Å². The molecule has 3 rings (SSSR count). The first-order valence-corrected chi connectivity index (χ1v) is 21.5. The van der Waals surface area contributed by atoms with Gasteiger partial charge in [0.2, 0.25) is 0 Å². The molecule has 10 nitrogen and oxygen atoms in total. The highest BCUT2D eigenvalue weighted by atomic mass is 32.2. The largest absolute Gasteiger partial charge is 0.461 e. The first kappa shape index (κ1) is 40.0. The Hall–Kier alpha value is -1.38. The van der Waals surface area contributed by atoms with E-state index in [1.54, 1.807) is 37.4 Å². The van der Waals surface area contributed by atoms with Crippen molar-refractivity contribution in [3.8, 4) is 0 Å². The number of rotatable bonds is 18. The van der Waals surface area contributed by atoms with Gasteiger partial charge in [0.25, 0.3) is 0 Å². The molecule has 2 fully saturated rings. The maximum atomic E-state index is 14.5. The summed E-state index contributed by atoms with van der Waals surface area (Å²) in [6.45, 7) is 19.5. The third-order valence-electron chi connectivity index (χ3n) is 9.91. The predicted molar refractivity (Wildman–Crippen MR) is 183 cm³/mol. The summed E-state index contributed by atoms with van der Waals surface area (Å²) in [6, 6.07) is 8.46. The highest BCUT2D eigenvalue weighted by Crippen LogP contribution is 2.46. The lowest BCUT2D eigenvalue weighted by Gasteiger charge is -2.39. The molecule has 12 heteroatoms. The number of benzene rings is 1. The smallest absolute Gasteiger partial charge is 0.302 e. The Bertz CT molecular complexity index is 1220. The van der Waals surface area contributed by atoms with Gasteiger partial charge >= 0.3 is 5.97 Å². The van der Waals surface area contributed by atoms with Gasteiger partial charge in [-0.25, -0.2) is 8.42 Å². The monoisotopic (exact) mass is 700 g/mol. The lowest BCUT2D eigenvalue weighted by molar-refractivity contribution is -0.157. The average molecular weight is 701 g/mol. The zero-order valence-corrected chi connectivity index (χ0v) is 32.1. The maximum Gasteiger partial charge on any atom is 0.302 e. The van der Waals surface area contributed by atoms with Gasteiger partial charge in [-0.3, -0.25) is 4.79 Å². The summed E-state index contributed by atoms with van der Waals surface area (Å²) in [4.78, 5) is 13.0. The molecular weight excluding hydrogens is 641 g/mol. The van der Waals surface area contributed by atoms with Crippen LogP contribution < -0.4 is 0 Å². The lowest BCUT2D eigenvalue weighted by atomic mass is 9.84. The van der Waals surface area contributed by atoms with Gasteiger partial charge in [-0.05, 0) is 89.1 Å². The number of esters is 1. The first-order valence-electron chi connectivity index (χ1n) is 17.0. The van der Waals surface area contributed by atoms with Gasteiger partial charge in [0.1, 0.15) is 18.1 Å². The van der Waals surface area contributed by atoms with Crippen LogP contribution in [-0.4, -0.2) is 91.9 Å². The molecule has 0 N–H and O–H groups in total. The van der Waals surface area contributed by atoms with Crippen LogP contribution in [0.5, 0.6) is 0 Å². The van der Waals surface area contributed by atoms with Gasteiger partial charge in [-0.15, -0.1) is 0 Å². The number of sulfone groups is 1. The molecular formula is C35H60O10SSi. The highest BCUT2D eigenvalue weighted by Gasteiger charge is 2.52. The molecule has 2 unspecified atom stereocenters. The van der Waals surface area contributed by atoms with Crippen molar-refractivity contribution in [3.63, 3.8) is 0 Å². The second-order valence-electron chi connectivity index (χ2n) is 15.1. The van der Waals surface area contributed by atoms with Crippen LogP contribution >= 0.6 is 0 Å². The second kappa shape index (κ2) is 17.0. The van der Waals surface area contributed by atoms with Gasteiger partial charge in [0.15, 0.2) is 23.9 Å². The molecule has 0 radical (unpaired) electrons. The molecule has 7 atom stereocenters. The van der Waals surface area contributed by atoms with E-state index in [1.165, 1.54) is 6.92 Å². The summed E-state index contributed by atoms with van der Waals surface area (Å²) in [7, 11) is -4.31. The van der Waals surface area contributed by atoms with E-state index in [9.17, 15) is 13.2 Å². The van der Waals surface area contributed by atoms with Crippen molar-refractivity contribution in [2.24, 2.45) is 11.8 Å². The van der Waals surface area contributed by atoms with Gasteiger partial charge in [0, 0.05) is 26.1 Å². The number of carbonyl (C=O) groups excluding carboxylic acids is 1. The standard InChI is InChI=1S/C35H60O10SSi/c1-25(45-47(9,10)34(3,4)5)15-14-18-32(46(37,38)28-16-12-11-13-17-28)33(43-26(2)36)30-22-27(41-24-40-20-19-39-8)21-29(30)31-23-42-35(6,7)44-31/h11-13,16-17,25,27,29-33H,14-15,18-24H2,1-10H3/t25-,27+,29+,30+,31+,32?,33?/m0/s1. The van der Waals surface area contributed by atoms with Gasteiger partial charge in [-0.2, -0.15) is 0 Å². The van der Waals surface area contributed by atoms with Gasteiger partial charge in [0.05, 0.1) is 36.9 Å².